The first-order valence-electron chi connectivity index (χ1n) is 21.7. The Morgan fingerprint density at radius 2 is 0.667 bits per heavy atom. The number of fused-ring (bicyclic) bond motifs is 2. The minimum absolute atomic E-state index is 1.08. The summed E-state index contributed by atoms with van der Waals surface area (Å²) in [5, 5.41) is 4.96. The lowest BCUT2D eigenvalue weighted by Crippen LogP contribution is -2.10. The molecule has 0 unspecified atom stereocenters. The molecule has 0 bridgehead atoms. The lowest BCUT2D eigenvalue weighted by atomic mass is 9.84. The summed E-state index contributed by atoms with van der Waals surface area (Å²) in [7, 11) is 0. The van der Waals surface area contributed by atoms with Crippen molar-refractivity contribution in [3.63, 3.8) is 0 Å². The maximum Gasteiger partial charge on any atom is 0.0467 e. The van der Waals surface area contributed by atoms with E-state index < -0.39 is 0 Å². The predicted octanol–water partition coefficient (Wildman–Crippen LogP) is 17.5. The van der Waals surface area contributed by atoms with Gasteiger partial charge in [-0.2, -0.15) is 0 Å². The van der Waals surface area contributed by atoms with Crippen LogP contribution in [0.4, 0.5) is 17.1 Å². The van der Waals surface area contributed by atoms with E-state index in [-0.39, 0.29) is 0 Å². The van der Waals surface area contributed by atoms with Crippen LogP contribution in [0.5, 0.6) is 0 Å². The average molecular weight is 802 g/mol. The Balaban J connectivity index is 1.09. The molecule has 1 heteroatoms. The van der Waals surface area contributed by atoms with Gasteiger partial charge in [0, 0.05) is 17.1 Å². The number of anilines is 3. The summed E-state index contributed by atoms with van der Waals surface area (Å²) < 4.78 is 0. The van der Waals surface area contributed by atoms with Gasteiger partial charge in [0.05, 0.1) is 0 Å². The van der Waals surface area contributed by atoms with Crippen LogP contribution in [0.25, 0.3) is 88.3 Å². The molecule has 0 radical (unpaired) electrons. The van der Waals surface area contributed by atoms with Crippen LogP contribution in [-0.2, 0) is 0 Å². The van der Waals surface area contributed by atoms with Crippen molar-refractivity contribution in [2.75, 3.05) is 4.90 Å². The van der Waals surface area contributed by atoms with Crippen molar-refractivity contribution in [1.29, 1.82) is 0 Å². The molecule has 0 aromatic heterocycles. The third-order valence-electron chi connectivity index (χ3n) is 12.3. The lowest BCUT2D eigenvalue weighted by Gasteiger charge is -2.27. The first-order chi connectivity index (χ1) is 31.2. The Hall–Kier alpha value is -8.26. The van der Waals surface area contributed by atoms with Crippen LogP contribution < -0.4 is 4.90 Å². The predicted molar refractivity (Wildman–Crippen MR) is 269 cm³/mol. The Bertz CT molecular complexity index is 3380. The minimum atomic E-state index is 1.08. The highest BCUT2D eigenvalue weighted by Crippen LogP contribution is 2.46. The highest BCUT2D eigenvalue weighted by atomic mass is 15.1. The molecule has 63 heavy (non-hydrogen) atoms. The smallest absolute Gasteiger partial charge is 0.0467 e. The van der Waals surface area contributed by atoms with E-state index in [1.165, 1.54) is 82.7 Å². The molecule has 0 amide bonds. The average Bonchev–Trinajstić information content (AvgIpc) is 3.37. The van der Waals surface area contributed by atoms with E-state index in [0.717, 1.165) is 22.6 Å². The SMILES string of the molecule is c1ccc(-c2ccccc2-c2c(-c3ccccc3)cccc2-c2cccc(N(c3ccc(-c4ccc5ccccc5c4)cc3)c3cccc(-c4cccc5ccccc45)c3)c2)cc1. The fourth-order valence-corrected chi connectivity index (χ4v) is 9.23. The number of nitrogens with zero attached hydrogens (tertiary/aromatic N) is 1. The van der Waals surface area contributed by atoms with E-state index >= 15 is 0 Å². The van der Waals surface area contributed by atoms with Gasteiger partial charge in [0.2, 0.25) is 0 Å². The highest BCUT2D eigenvalue weighted by molar-refractivity contribution is 6.01. The van der Waals surface area contributed by atoms with E-state index in [4.69, 9.17) is 0 Å². The second-order valence-electron chi connectivity index (χ2n) is 16.1. The minimum Gasteiger partial charge on any atom is -0.310 e. The summed E-state index contributed by atoms with van der Waals surface area (Å²) in [5.74, 6) is 0. The third kappa shape index (κ3) is 7.37. The topological polar surface area (TPSA) is 3.24 Å². The zero-order chi connectivity index (χ0) is 42.0. The van der Waals surface area contributed by atoms with Crippen LogP contribution in [0.3, 0.4) is 0 Å². The number of hydrogen-bond donors (Lipinski definition) is 0. The molecule has 11 aromatic carbocycles. The molecule has 0 aliphatic carbocycles. The maximum absolute atomic E-state index is 2.40. The summed E-state index contributed by atoms with van der Waals surface area (Å²) in [6.07, 6.45) is 0. The fraction of sp³-hybridized carbons (Fsp3) is 0. The zero-order valence-corrected chi connectivity index (χ0v) is 34.8. The molecule has 0 saturated heterocycles. The molecule has 296 valence electrons. The summed E-state index contributed by atoms with van der Waals surface area (Å²) >= 11 is 0. The van der Waals surface area contributed by atoms with Gasteiger partial charge in [-0.1, -0.05) is 218 Å². The molecule has 1 nitrogen and oxygen atoms in total. The molecule has 0 spiro atoms. The molecular weight excluding hydrogens is 759 g/mol. The first kappa shape index (κ1) is 37.7. The van der Waals surface area contributed by atoms with Gasteiger partial charge in [-0.3, -0.25) is 0 Å². The first-order valence-corrected chi connectivity index (χ1v) is 21.7. The Labute approximate surface area is 369 Å². The summed E-state index contributed by atoms with van der Waals surface area (Å²) in [5.41, 5.74) is 17.5. The van der Waals surface area contributed by atoms with Crippen molar-refractivity contribution < 1.29 is 0 Å². The van der Waals surface area contributed by atoms with Gasteiger partial charge in [0.1, 0.15) is 0 Å². The number of benzene rings is 11. The van der Waals surface area contributed by atoms with Crippen molar-refractivity contribution in [3.05, 3.63) is 261 Å². The molecule has 0 aliphatic rings. The summed E-state index contributed by atoms with van der Waals surface area (Å²) in [4.78, 5) is 2.40. The lowest BCUT2D eigenvalue weighted by molar-refractivity contribution is 1.28. The molecule has 11 rings (SSSR count). The van der Waals surface area contributed by atoms with Crippen molar-refractivity contribution >= 4 is 38.6 Å². The molecule has 0 heterocycles. The largest absolute Gasteiger partial charge is 0.310 e. The molecule has 0 atom stereocenters. The van der Waals surface area contributed by atoms with Gasteiger partial charge < -0.3 is 4.90 Å². The Kier molecular flexibility index (Phi) is 9.97. The van der Waals surface area contributed by atoms with Crippen molar-refractivity contribution in [3.8, 4) is 66.8 Å². The highest BCUT2D eigenvalue weighted by Gasteiger charge is 2.20. The second-order valence-corrected chi connectivity index (χ2v) is 16.1. The normalized spacial score (nSPS) is 11.2. The van der Waals surface area contributed by atoms with Crippen LogP contribution in [0.2, 0.25) is 0 Å². The summed E-state index contributed by atoms with van der Waals surface area (Å²) in [6.45, 7) is 0. The molecule has 0 fully saturated rings. The van der Waals surface area contributed by atoms with Crippen molar-refractivity contribution in [2.45, 2.75) is 0 Å². The van der Waals surface area contributed by atoms with Gasteiger partial charge in [-0.25, -0.2) is 0 Å². The molecular formula is C62H43N. The standard InChI is InChI=1S/C62H43N/c1-3-18-46(19-4-1)57-30-11-12-31-61(57)62-59(48-20-5-2-6-21-48)33-16-34-60(62)52-26-14-28-55(43-52)63(53-39-37-45(38-40-53)50-36-35-44-17-7-8-23-49(44)41-50)54-27-13-25-51(42-54)58-32-15-24-47-22-9-10-29-56(47)58/h1-43H. The van der Waals surface area contributed by atoms with E-state index in [2.05, 4.69) is 266 Å². The van der Waals surface area contributed by atoms with E-state index in [1.54, 1.807) is 0 Å². The van der Waals surface area contributed by atoms with Crippen molar-refractivity contribution in [2.24, 2.45) is 0 Å². The fourth-order valence-electron chi connectivity index (χ4n) is 9.23. The third-order valence-corrected chi connectivity index (χ3v) is 12.3. The summed E-state index contributed by atoms with van der Waals surface area (Å²) in [6, 6.07) is 94.8. The van der Waals surface area contributed by atoms with Crippen LogP contribution in [0, 0.1) is 0 Å². The Morgan fingerprint density at radius 3 is 1.38 bits per heavy atom. The monoisotopic (exact) mass is 801 g/mol. The quantitative estimate of drug-likeness (QED) is 0.141. The van der Waals surface area contributed by atoms with Crippen molar-refractivity contribution in [1.82, 2.24) is 0 Å². The maximum atomic E-state index is 2.40. The van der Waals surface area contributed by atoms with Gasteiger partial charge in [0.15, 0.2) is 0 Å². The van der Waals surface area contributed by atoms with Crippen LogP contribution in [-0.4, -0.2) is 0 Å². The molecule has 0 aliphatic heterocycles. The van der Waals surface area contributed by atoms with Gasteiger partial charge >= 0.3 is 0 Å². The van der Waals surface area contributed by atoms with Crippen LogP contribution >= 0.6 is 0 Å². The van der Waals surface area contributed by atoms with Crippen LogP contribution in [0.15, 0.2) is 261 Å². The zero-order valence-electron chi connectivity index (χ0n) is 34.8. The number of rotatable bonds is 9. The molecule has 0 saturated carbocycles. The second kappa shape index (κ2) is 16.7. The molecule has 11 aromatic rings. The Morgan fingerprint density at radius 1 is 0.206 bits per heavy atom. The molecule has 0 N–H and O–H groups in total. The van der Waals surface area contributed by atoms with Crippen LogP contribution in [0.1, 0.15) is 0 Å². The van der Waals surface area contributed by atoms with Gasteiger partial charge in [-0.05, 0) is 131 Å². The van der Waals surface area contributed by atoms with E-state index in [9.17, 15) is 0 Å². The van der Waals surface area contributed by atoms with E-state index in [1.807, 2.05) is 0 Å². The number of hydrogen-bond acceptors (Lipinski definition) is 1. The van der Waals surface area contributed by atoms with Gasteiger partial charge in [-0.15, -0.1) is 0 Å². The van der Waals surface area contributed by atoms with E-state index in [0.29, 0.717) is 0 Å². The van der Waals surface area contributed by atoms with Gasteiger partial charge in [0.25, 0.3) is 0 Å².